The second-order valence-electron chi connectivity index (χ2n) is 2.69. The van der Waals surface area contributed by atoms with Crippen molar-refractivity contribution in [2.45, 2.75) is 13.0 Å². The Morgan fingerprint density at radius 2 is 2.33 bits per heavy atom. The second-order valence-corrected chi connectivity index (χ2v) is 2.69. The first kappa shape index (κ1) is 10.8. The molecule has 0 radical (unpaired) electrons. The molecule has 0 bridgehead atoms. The number of rotatable bonds is 4. The van der Waals surface area contributed by atoms with Crippen LogP contribution in [-0.2, 0) is 11.3 Å². The molecule has 0 saturated carbocycles. The SMILES string of the molecule is O=C(O)CCn1cc([N+](=O)[O-])cnc1=O. The van der Waals surface area contributed by atoms with Crippen molar-refractivity contribution >= 4 is 11.7 Å². The first-order valence-electron chi connectivity index (χ1n) is 3.93. The summed E-state index contributed by atoms with van der Waals surface area (Å²) in [5.74, 6) is -1.09. The summed E-state index contributed by atoms with van der Waals surface area (Å²) in [7, 11) is 0. The summed E-state index contributed by atoms with van der Waals surface area (Å²) < 4.78 is 0.895. The summed E-state index contributed by atoms with van der Waals surface area (Å²) in [4.78, 5) is 34.2. The summed E-state index contributed by atoms with van der Waals surface area (Å²) in [5, 5.41) is 18.7. The van der Waals surface area contributed by atoms with E-state index < -0.39 is 16.6 Å². The van der Waals surface area contributed by atoms with E-state index in [-0.39, 0.29) is 18.7 Å². The van der Waals surface area contributed by atoms with Crippen LogP contribution in [0, 0.1) is 10.1 Å². The number of hydrogen-bond acceptors (Lipinski definition) is 5. The van der Waals surface area contributed by atoms with Gasteiger partial charge in [0.25, 0.3) is 0 Å². The van der Waals surface area contributed by atoms with Crippen molar-refractivity contribution in [3.8, 4) is 0 Å². The van der Waals surface area contributed by atoms with Crippen LogP contribution in [-0.4, -0.2) is 25.6 Å². The van der Waals surface area contributed by atoms with E-state index in [0.29, 0.717) is 0 Å². The highest BCUT2D eigenvalue weighted by Gasteiger charge is 2.09. The van der Waals surface area contributed by atoms with Crippen molar-refractivity contribution in [1.29, 1.82) is 0 Å². The van der Waals surface area contributed by atoms with Crippen LogP contribution in [0.25, 0.3) is 0 Å². The number of aryl methyl sites for hydroxylation is 1. The molecule has 1 aromatic heterocycles. The Bertz CT molecular complexity index is 452. The minimum atomic E-state index is -1.09. The van der Waals surface area contributed by atoms with Crippen LogP contribution in [0.4, 0.5) is 5.69 Å². The molecule has 1 rings (SSSR count). The van der Waals surface area contributed by atoms with E-state index in [0.717, 1.165) is 17.0 Å². The Kier molecular flexibility index (Phi) is 3.11. The molecule has 1 N–H and O–H groups in total. The van der Waals surface area contributed by atoms with Gasteiger partial charge in [0.1, 0.15) is 6.20 Å². The van der Waals surface area contributed by atoms with Crippen molar-refractivity contribution in [1.82, 2.24) is 9.55 Å². The van der Waals surface area contributed by atoms with Crippen molar-refractivity contribution < 1.29 is 14.8 Å². The molecule has 0 aliphatic heterocycles. The summed E-state index contributed by atoms with van der Waals surface area (Å²) >= 11 is 0. The van der Waals surface area contributed by atoms with Gasteiger partial charge in [-0.1, -0.05) is 0 Å². The van der Waals surface area contributed by atoms with Gasteiger partial charge in [-0.15, -0.1) is 0 Å². The standard InChI is InChI=1S/C7H7N3O5/c11-6(12)1-2-9-4-5(10(14)15)3-8-7(9)13/h3-4H,1-2H2,(H,11,12). The fourth-order valence-corrected chi connectivity index (χ4v) is 0.914. The molecule has 0 atom stereocenters. The first-order chi connectivity index (χ1) is 7.00. The van der Waals surface area contributed by atoms with E-state index in [9.17, 15) is 19.7 Å². The van der Waals surface area contributed by atoms with E-state index in [1.807, 2.05) is 0 Å². The van der Waals surface area contributed by atoms with Gasteiger partial charge < -0.3 is 5.11 Å². The Hall–Kier alpha value is -2.25. The molecule has 1 heterocycles. The Morgan fingerprint density at radius 1 is 1.67 bits per heavy atom. The van der Waals surface area contributed by atoms with Crippen LogP contribution in [0.1, 0.15) is 6.42 Å². The zero-order chi connectivity index (χ0) is 11.4. The molecule has 0 saturated heterocycles. The number of nitrogens with zero attached hydrogens (tertiary/aromatic N) is 3. The number of aromatic nitrogens is 2. The predicted octanol–water partition coefficient (Wildman–Crippen LogP) is -0.374. The third kappa shape index (κ3) is 2.86. The number of carboxylic acid groups (broad SMARTS) is 1. The number of hydrogen-bond donors (Lipinski definition) is 1. The van der Waals surface area contributed by atoms with Crippen LogP contribution >= 0.6 is 0 Å². The largest absolute Gasteiger partial charge is 0.481 e. The van der Waals surface area contributed by atoms with Gasteiger partial charge in [-0.25, -0.2) is 4.79 Å². The topological polar surface area (TPSA) is 115 Å². The highest BCUT2D eigenvalue weighted by molar-refractivity contribution is 5.66. The average Bonchev–Trinajstić information content (AvgIpc) is 2.16. The minimum absolute atomic E-state index is 0.136. The highest BCUT2D eigenvalue weighted by Crippen LogP contribution is 2.04. The van der Waals surface area contributed by atoms with E-state index >= 15 is 0 Å². The van der Waals surface area contributed by atoms with Crippen LogP contribution in [0.3, 0.4) is 0 Å². The highest BCUT2D eigenvalue weighted by atomic mass is 16.6. The monoisotopic (exact) mass is 213 g/mol. The van der Waals surface area contributed by atoms with Crippen molar-refractivity contribution in [2.75, 3.05) is 0 Å². The molecule has 0 fully saturated rings. The van der Waals surface area contributed by atoms with Gasteiger partial charge in [0.2, 0.25) is 0 Å². The Morgan fingerprint density at radius 3 is 2.87 bits per heavy atom. The Balaban J connectivity index is 2.95. The number of nitro groups is 1. The van der Waals surface area contributed by atoms with E-state index in [2.05, 4.69) is 4.98 Å². The van der Waals surface area contributed by atoms with Crippen molar-refractivity contribution in [3.63, 3.8) is 0 Å². The molecule has 0 spiro atoms. The molecular formula is C7H7N3O5. The molecule has 0 unspecified atom stereocenters. The zero-order valence-electron chi connectivity index (χ0n) is 7.49. The van der Waals surface area contributed by atoms with Gasteiger partial charge in [0, 0.05) is 6.54 Å². The predicted molar refractivity (Wildman–Crippen MR) is 47.4 cm³/mol. The summed E-state index contributed by atoms with van der Waals surface area (Å²) in [6.45, 7) is -0.136. The summed E-state index contributed by atoms with van der Waals surface area (Å²) in [6, 6.07) is 0. The number of carbonyl (C=O) groups is 1. The second kappa shape index (κ2) is 4.31. The molecule has 8 heteroatoms. The third-order valence-electron chi connectivity index (χ3n) is 1.62. The van der Waals surface area contributed by atoms with Gasteiger partial charge in [-0.05, 0) is 0 Å². The zero-order valence-corrected chi connectivity index (χ0v) is 7.49. The van der Waals surface area contributed by atoms with Crippen LogP contribution in [0.5, 0.6) is 0 Å². The van der Waals surface area contributed by atoms with Crippen LogP contribution in [0.15, 0.2) is 17.2 Å². The van der Waals surface area contributed by atoms with Gasteiger partial charge in [-0.3, -0.25) is 19.5 Å². The first-order valence-corrected chi connectivity index (χ1v) is 3.93. The third-order valence-corrected chi connectivity index (χ3v) is 1.62. The lowest BCUT2D eigenvalue weighted by Gasteiger charge is -2.00. The normalized spacial score (nSPS) is 9.87. The van der Waals surface area contributed by atoms with E-state index in [1.54, 1.807) is 0 Å². The number of aliphatic carboxylic acids is 1. The Labute approximate surface area is 82.9 Å². The van der Waals surface area contributed by atoms with Gasteiger partial charge in [0.15, 0.2) is 0 Å². The summed E-state index contributed by atoms with van der Waals surface area (Å²) in [5.41, 5.74) is -1.05. The smallest absolute Gasteiger partial charge is 0.347 e. The molecule has 80 valence electrons. The molecule has 0 aromatic carbocycles. The average molecular weight is 213 g/mol. The molecule has 0 aliphatic rings. The summed E-state index contributed by atoms with van der Waals surface area (Å²) in [6.07, 6.45) is 1.51. The molecule has 0 aliphatic carbocycles. The van der Waals surface area contributed by atoms with Gasteiger partial charge in [0.05, 0.1) is 17.5 Å². The number of carboxylic acids is 1. The lowest BCUT2D eigenvalue weighted by Crippen LogP contribution is -2.23. The van der Waals surface area contributed by atoms with Crippen LogP contribution < -0.4 is 5.69 Å². The van der Waals surface area contributed by atoms with Gasteiger partial charge >= 0.3 is 17.3 Å². The maximum absolute atomic E-state index is 11.0. The molecular weight excluding hydrogens is 206 g/mol. The van der Waals surface area contributed by atoms with Crippen molar-refractivity contribution in [3.05, 3.63) is 33.0 Å². The fourth-order valence-electron chi connectivity index (χ4n) is 0.914. The maximum Gasteiger partial charge on any atom is 0.347 e. The van der Waals surface area contributed by atoms with E-state index in [4.69, 9.17) is 5.11 Å². The van der Waals surface area contributed by atoms with Crippen molar-refractivity contribution in [2.24, 2.45) is 0 Å². The van der Waals surface area contributed by atoms with E-state index in [1.165, 1.54) is 0 Å². The lowest BCUT2D eigenvalue weighted by molar-refractivity contribution is -0.385. The maximum atomic E-state index is 11.0. The molecule has 0 amide bonds. The quantitative estimate of drug-likeness (QED) is 0.538. The molecule has 15 heavy (non-hydrogen) atoms. The van der Waals surface area contributed by atoms with Crippen LogP contribution in [0.2, 0.25) is 0 Å². The fraction of sp³-hybridized carbons (Fsp3) is 0.286. The lowest BCUT2D eigenvalue weighted by atomic mass is 10.4. The van der Waals surface area contributed by atoms with Gasteiger partial charge in [-0.2, -0.15) is 4.98 Å². The molecule has 8 nitrogen and oxygen atoms in total. The molecule has 1 aromatic rings. The minimum Gasteiger partial charge on any atom is -0.481 e.